The Balaban J connectivity index is 1.44. The van der Waals surface area contributed by atoms with E-state index in [-0.39, 0.29) is 69.4 Å². The molecule has 6 unspecified atom stereocenters. The second-order valence-corrected chi connectivity index (χ2v) is 18.1. The van der Waals surface area contributed by atoms with Crippen molar-refractivity contribution in [3.05, 3.63) is 161 Å². The molecule has 1 amide bonds. The number of ether oxygens (including phenoxy) is 4. The third-order valence-corrected chi connectivity index (χ3v) is 13.7. The Morgan fingerprint density at radius 3 is 2.34 bits per heavy atom. The summed E-state index contributed by atoms with van der Waals surface area (Å²) in [7, 11) is 0. The summed E-state index contributed by atoms with van der Waals surface area (Å²) >= 11 is 1.64. The van der Waals surface area contributed by atoms with Crippen molar-refractivity contribution in [3.8, 4) is 17.2 Å². The van der Waals surface area contributed by atoms with Crippen LogP contribution in [0.2, 0.25) is 0 Å². The van der Waals surface area contributed by atoms with Gasteiger partial charge in [0.1, 0.15) is 35.7 Å². The highest BCUT2D eigenvalue weighted by Gasteiger charge is 2.65. The third-order valence-electron chi connectivity index (χ3n) is 12.9. The monoisotopic (exact) mass is 949 g/mol. The summed E-state index contributed by atoms with van der Waals surface area (Å²) < 4.78 is 41.3. The van der Waals surface area contributed by atoms with E-state index in [0.29, 0.717) is 53.3 Å². The van der Waals surface area contributed by atoms with Gasteiger partial charge < -0.3 is 34.0 Å². The minimum Gasteiger partial charge on any atom is -0.459 e. The number of aliphatic hydroxyl groups excluding tert-OH is 2. The molecule has 7 rings (SSSR count). The fraction of sp³-hybridized carbons (Fsp3) is 0.396. The molecule has 2 aliphatic carbocycles. The van der Waals surface area contributed by atoms with Crippen LogP contribution in [0.5, 0.6) is 17.2 Å². The molecule has 0 spiro atoms. The van der Waals surface area contributed by atoms with E-state index in [1.165, 1.54) is 24.3 Å². The molecule has 1 heterocycles. The molecule has 0 radical (unpaired) electrons. The van der Waals surface area contributed by atoms with Crippen LogP contribution in [0.15, 0.2) is 138 Å². The second-order valence-electron chi connectivity index (χ2n) is 17.2. The number of amides is 1. The number of aliphatic hydroxyl groups is 2. The van der Waals surface area contributed by atoms with Crippen molar-refractivity contribution in [3.63, 3.8) is 0 Å². The first kappa shape index (κ1) is 49.9. The number of oxime groups is 1. The highest BCUT2D eigenvalue weighted by molar-refractivity contribution is 7.98. The smallest absolute Gasteiger partial charge is 0.410 e. The van der Waals surface area contributed by atoms with Crippen molar-refractivity contribution in [1.82, 2.24) is 4.90 Å². The molecule has 6 atom stereocenters. The number of non-ortho nitro benzene ring substituents is 1. The SMILES string of the molecule is C=CCCOC(=O)N(Cc1ccc(F)cc1)C1CC(=NOCc2ccc([N+](=O)[O-])cc2)C2=CC(CCCCO)C(CCCCO)C3c4cc(Oc5ccc(SC)cc5)ccc4OC1(OCC=C)C23. The number of hydrogen-bond acceptors (Lipinski definition) is 12. The standard InChI is InChI=1S/C53H60FN3O10S/c1-4-6-30-63-52(60)56(34-36-13-17-39(54)18-14-36)49-33-47(55-65-35-37-15-19-40(20-16-37)57(61)62)45-31-38(11-7-9-27-58)44(12-8-10-28-59)50-46-32-42(66-41-21-24-43(68-3)25-22-41)23-26-48(46)67-53(49,51(45)50)64-29-5-2/h4-5,13-26,31-32,38,44,49-51,58-59H,1-2,6-12,27-30,33-35H2,3H3. The minimum absolute atomic E-state index is 0.00377. The molecular formula is C53H60FN3O10S. The lowest BCUT2D eigenvalue weighted by Crippen LogP contribution is -2.70. The van der Waals surface area contributed by atoms with Gasteiger partial charge >= 0.3 is 6.09 Å². The van der Waals surface area contributed by atoms with Crippen LogP contribution in [0, 0.1) is 33.7 Å². The summed E-state index contributed by atoms with van der Waals surface area (Å²) in [5, 5.41) is 36.3. The Kier molecular flexibility index (Phi) is 17.5. The average Bonchev–Trinajstić information content (AvgIpc) is 3.35. The van der Waals surface area contributed by atoms with Gasteiger partial charge in [0.25, 0.3) is 5.69 Å². The number of carbonyl (C=O) groups is 1. The molecule has 0 aromatic heterocycles. The van der Waals surface area contributed by atoms with E-state index in [1.54, 1.807) is 53.1 Å². The third kappa shape index (κ3) is 11.6. The summed E-state index contributed by atoms with van der Waals surface area (Å²) in [6.07, 6.45) is 11.6. The quantitative estimate of drug-likeness (QED) is 0.0226. The topological polar surface area (TPSA) is 162 Å². The van der Waals surface area contributed by atoms with Gasteiger partial charge in [0, 0.05) is 54.7 Å². The number of nitrogens with zero attached hydrogens (tertiary/aromatic N) is 3. The van der Waals surface area contributed by atoms with Crippen LogP contribution in [-0.2, 0) is 27.5 Å². The number of allylic oxidation sites excluding steroid dienone is 1. The number of carbonyl (C=O) groups excluding carboxylic acids is 1. The lowest BCUT2D eigenvalue weighted by molar-refractivity contribution is -0.384. The molecule has 4 aromatic rings. The lowest BCUT2D eigenvalue weighted by Gasteiger charge is -2.59. The molecule has 360 valence electrons. The predicted octanol–water partition coefficient (Wildman–Crippen LogP) is 11.3. The Hall–Kier alpha value is -6.00. The molecule has 13 nitrogen and oxygen atoms in total. The number of thioether (sulfide) groups is 1. The molecule has 2 N–H and O–H groups in total. The zero-order valence-corrected chi connectivity index (χ0v) is 39.2. The largest absolute Gasteiger partial charge is 0.459 e. The van der Waals surface area contributed by atoms with Crippen LogP contribution in [0.25, 0.3) is 0 Å². The van der Waals surface area contributed by atoms with Crippen LogP contribution >= 0.6 is 11.8 Å². The van der Waals surface area contributed by atoms with Crippen LogP contribution < -0.4 is 9.47 Å². The molecule has 0 saturated heterocycles. The van der Waals surface area contributed by atoms with Crippen LogP contribution in [0.1, 0.15) is 74.0 Å². The maximum absolute atomic E-state index is 14.7. The van der Waals surface area contributed by atoms with Gasteiger partial charge in [-0.25, -0.2) is 9.18 Å². The first-order valence-electron chi connectivity index (χ1n) is 23.2. The molecule has 0 bridgehead atoms. The van der Waals surface area contributed by atoms with E-state index in [0.717, 1.165) is 41.7 Å². The number of hydrogen-bond donors (Lipinski definition) is 2. The van der Waals surface area contributed by atoms with Crippen molar-refractivity contribution in [2.24, 2.45) is 22.9 Å². The highest BCUT2D eigenvalue weighted by Crippen LogP contribution is 2.62. The number of unbranched alkanes of at least 4 members (excludes halogenated alkanes) is 2. The molecule has 1 saturated carbocycles. The number of halogens is 1. The second kappa shape index (κ2) is 23.8. The van der Waals surface area contributed by atoms with Gasteiger partial charge in [0.05, 0.1) is 29.8 Å². The highest BCUT2D eigenvalue weighted by atomic mass is 32.2. The predicted molar refractivity (Wildman–Crippen MR) is 259 cm³/mol. The van der Waals surface area contributed by atoms with E-state index in [4.69, 9.17) is 28.9 Å². The van der Waals surface area contributed by atoms with E-state index >= 15 is 0 Å². The first-order valence-corrected chi connectivity index (χ1v) is 24.4. The maximum Gasteiger partial charge on any atom is 0.410 e. The van der Waals surface area contributed by atoms with E-state index in [1.807, 2.05) is 48.7 Å². The number of nitro benzene ring substituents is 1. The Morgan fingerprint density at radius 1 is 0.956 bits per heavy atom. The Bertz CT molecular complexity index is 2410. The fourth-order valence-electron chi connectivity index (χ4n) is 9.79. The van der Waals surface area contributed by atoms with Gasteiger partial charge in [-0.15, -0.1) is 24.9 Å². The Morgan fingerprint density at radius 2 is 1.66 bits per heavy atom. The van der Waals surface area contributed by atoms with E-state index in [2.05, 4.69) is 19.2 Å². The lowest BCUT2D eigenvalue weighted by atomic mass is 9.55. The number of nitro groups is 1. The number of benzene rings is 4. The Labute approximate surface area is 401 Å². The fourth-order valence-corrected chi connectivity index (χ4v) is 10.2. The average molecular weight is 950 g/mol. The van der Waals surface area contributed by atoms with Gasteiger partial charge in [-0.05, 0) is 134 Å². The van der Waals surface area contributed by atoms with Crippen LogP contribution in [-0.4, -0.2) is 76.4 Å². The van der Waals surface area contributed by atoms with E-state index in [9.17, 15) is 29.5 Å². The number of rotatable bonds is 24. The summed E-state index contributed by atoms with van der Waals surface area (Å²) in [6.45, 7) is 8.00. The maximum atomic E-state index is 14.7. The zero-order valence-electron chi connectivity index (χ0n) is 38.4. The van der Waals surface area contributed by atoms with Crippen LogP contribution in [0.3, 0.4) is 0 Å². The minimum atomic E-state index is -1.59. The molecular weight excluding hydrogens is 890 g/mol. The summed E-state index contributed by atoms with van der Waals surface area (Å²) in [6, 6.07) is 24.7. The molecule has 68 heavy (non-hydrogen) atoms. The normalized spacial score (nSPS) is 21.9. The van der Waals surface area contributed by atoms with Gasteiger partial charge in [-0.1, -0.05) is 48.4 Å². The van der Waals surface area contributed by atoms with Crippen molar-refractivity contribution >= 4 is 29.3 Å². The molecule has 1 aliphatic heterocycles. The van der Waals surface area contributed by atoms with Crippen molar-refractivity contribution < 1.29 is 48.1 Å². The van der Waals surface area contributed by atoms with Crippen molar-refractivity contribution in [1.29, 1.82) is 0 Å². The molecule has 3 aliphatic rings. The van der Waals surface area contributed by atoms with Gasteiger partial charge in [-0.2, -0.15) is 0 Å². The summed E-state index contributed by atoms with van der Waals surface area (Å²) in [5.74, 6) is -1.25. The van der Waals surface area contributed by atoms with E-state index < -0.39 is 34.6 Å². The first-order chi connectivity index (χ1) is 33.1. The molecule has 4 aromatic carbocycles. The van der Waals surface area contributed by atoms with Gasteiger partial charge in [0.2, 0.25) is 5.79 Å². The van der Waals surface area contributed by atoms with Gasteiger partial charge in [-0.3, -0.25) is 15.0 Å². The van der Waals surface area contributed by atoms with Crippen molar-refractivity contribution in [2.45, 2.75) is 87.2 Å². The van der Waals surface area contributed by atoms with Crippen molar-refractivity contribution in [2.75, 3.05) is 32.7 Å². The summed E-state index contributed by atoms with van der Waals surface area (Å²) in [4.78, 5) is 34.5. The van der Waals surface area contributed by atoms with Gasteiger partial charge in [0.15, 0.2) is 0 Å². The molecule has 15 heteroatoms. The molecule has 1 fully saturated rings. The zero-order chi connectivity index (χ0) is 48.0. The number of fused-ring (bicyclic) bond motifs is 2. The van der Waals surface area contributed by atoms with Crippen LogP contribution in [0.4, 0.5) is 14.9 Å². The summed E-state index contributed by atoms with van der Waals surface area (Å²) in [5.41, 5.74) is 3.48.